The van der Waals surface area contributed by atoms with Crippen molar-refractivity contribution in [1.29, 1.82) is 0 Å². The molecule has 0 bridgehead atoms. The van der Waals surface area contributed by atoms with Gasteiger partial charge in [0.1, 0.15) is 11.6 Å². The van der Waals surface area contributed by atoms with Crippen molar-refractivity contribution in [2.24, 2.45) is 0 Å². The van der Waals surface area contributed by atoms with E-state index < -0.39 is 5.92 Å². The molecule has 172 valence electrons. The van der Waals surface area contributed by atoms with E-state index in [2.05, 4.69) is 50.2 Å². The third kappa shape index (κ3) is 5.03. The maximum atomic E-state index is 14.0. The molecular formula is C28H31FN2O2. The molecule has 4 rings (SSSR count). The van der Waals surface area contributed by atoms with Crippen LogP contribution in [0.25, 0.3) is 0 Å². The molecule has 1 aliphatic heterocycles. The second kappa shape index (κ2) is 9.65. The fourth-order valence-electron chi connectivity index (χ4n) is 4.23. The summed E-state index contributed by atoms with van der Waals surface area (Å²) < 4.78 is 19.7. The highest BCUT2D eigenvalue weighted by Crippen LogP contribution is 2.37. The maximum absolute atomic E-state index is 14.0. The zero-order chi connectivity index (χ0) is 23.5. The number of carbonyl (C=O) groups excluding carboxylic acids is 1. The number of anilines is 2. The van der Waals surface area contributed by atoms with Gasteiger partial charge in [-0.1, -0.05) is 38.1 Å². The van der Waals surface area contributed by atoms with Crippen molar-refractivity contribution in [3.8, 4) is 5.75 Å². The summed E-state index contributed by atoms with van der Waals surface area (Å²) in [6.07, 6.45) is 0.523. The molecule has 1 unspecified atom stereocenters. The van der Waals surface area contributed by atoms with Crippen LogP contribution in [0.15, 0.2) is 66.7 Å². The Morgan fingerprint density at radius 3 is 2.30 bits per heavy atom. The first-order valence-corrected chi connectivity index (χ1v) is 11.4. The molecule has 1 atom stereocenters. The van der Waals surface area contributed by atoms with Crippen molar-refractivity contribution in [3.05, 3.63) is 89.2 Å². The van der Waals surface area contributed by atoms with Crippen molar-refractivity contribution in [3.63, 3.8) is 0 Å². The van der Waals surface area contributed by atoms with Crippen molar-refractivity contribution in [1.82, 2.24) is 0 Å². The van der Waals surface area contributed by atoms with Gasteiger partial charge in [-0.25, -0.2) is 4.39 Å². The van der Waals surface area contributed by atoms with Gasteiger partial charge in [0.15, 0.2) is 0 Å². The number of hydrogen-bond acceptors (Lipinski definition) is 3. The minimum atomic E-state index is -0.449. The van der Waals surface area contributed by atoms with Crippen LogP contribution in [0.1, 0.15) is 48.8 Å². The SMILES string of the molecule is CC(C)c1ccc(N(Cc2ccc(N(C)C)cc2)C(=O)C2CCOc3ccc(F)cc32)cc1. The van der Waals surface area contributed by atoms with E-state index in [1.165, 1.54) is 17.7 Å². The molecule has 1 aliphatic rings. The molecule has 0 aliphatic carbocycles. The summed E-state index contributed by atoms with van der Waals surface area (Å²) in [5, 5.41) is 0. The number of fused-ring (bicyclic) bond motifs is 1. The Bertz CT molecular complexity index is 1110. The Kier molecular flexibility index (Phi) is 6.68. The summed E-state index contributed by atoms with van der Waals surface area (Å²) in [5.41, 5.74) is 4.82. The van der Waals surface area contributed by atoms with Gasteiger partial charge in [-0.05, 0) is 65.9 Å². The van der Waals surface area contributed by atoms with Gasteiger partial charge in [-0.2, -0.15) is 0 Å². The molecule has 5 heteroatoms. The molecule has 0 N–H and O–H groups in total. The number of nitrogens with zero attached hydrogens (tertiary/aromatic N) is 2. The third-order valence-electron chi connectivity index (χ3n) is 6.24. The van der Waals surface area contributed by atoms with Crippen LogP contribution in [0.3, 0.4) is 0 Å². The van der Waals surface area contributed by atoms with E-state index >= 15 is 0 Å². The van der Waals surface area contributed by atoms with Crippen molar-refractivity contribution < 1.29 is 13.9 Å². The van der Waals surface area contributed by atoms with E-state index in [1.54, 1.807) is 6.07 Å². The van der Waals surface area contributed by atoms with E-state index in [-0.39, 0.29) is 11.7 Å². The number of rotatable bonds is 6. The first kappa shape index (κ1) is 22.8. The zero-order valence-corrected chi connectivity index (χ0v) is 19.7. The van der Waals surface area contributed by atoms with Gasteiger partial charge in [-0.15, -0.1) is 0 Å². The quantitative estimate of drug-likeness (QED) is 0.458. The van der Waals surface area contributed by atoms with Crippen molar-refractivity contribution in [2.45, 2.75) is 38.6 Å². The number of ether oxygens (including phenoxy) is 1. The maximum Gasteiger partial charge on any atom is 0.235 e. The lowest BCUT2D eigenvalue weighted by Gasteiger charge is -2.31. The molecule has 1 amide bonds. The van der Waals surface area contributed by atoms with Gasteiger partial charge in [0.2, 0.25) is 5.91 Å². The van der Waals surface area contributed by atoms with Crippen molar-refractivity contribution >= 4 is 17.3 Å². The molecule has 0 saturated heterocycles. The van der Waals surface area contributed by atoms with Gasteiger partial charge in [0.05, 0.1) is 19.1 Å². The molecule has 0 spiro atoms. The highest BCUT2D eigenvalue weighted by atomic mass is 19.1. The largest absolute Gasteiger partial charge is 0.493 e. The number of amides is 1. The molecule has 33 heavy (non-hydrogen) atoms. The monoisotopic (exact) mass is 446 g/mol. The molecular weight excluding hydrogens is 415 g/mol. The first-order valence-electron chi connectivity index (χ1n) is 11.4. The summed E-state index contributed by atoms with van der Waals surface area (Å²) in [5.74, 6) is 0.150. The lowest BCUT2D eigenvalue weighted by molar-refractivity contribution is -0.120. The van der Waals surface area contributed by atoms with Crippen LogP contribution in [0.5, 0.6) is 5.75 Å². The number of halogens is 1. The Balaban J connectivity index is 1.69. The predicted molar refractivity (Wildman–Crippen MR) is 132 cm³/mol. The number of carbonyl (C=O) groups is 1. The lowest BCUT2D eigenvalue weighted by Crippen LogP contribution is -2.37. The van der Waals surface area contributed by atoms with Crippen LogP contribution in [-0.2, 0) is 11.3 Å². The molecule has 0 aromatic heterocycles. The Labute approximate surface area is 195 Å². The summed E-state index contributed by atoms with van der Waals surface area (Å²) in [6, 6.07) is 20.8. The average molecular weight is 447 g/mol. The number of benzene rings is 3. The molecule has 1 heterocycles. The standard InChI is InChI=1S/C28H31FN2O2/c1-19(2)21-7-12-24(13-8-21)31(18-20-5-10-23(11-6-20)30(3)4)28(32)25-15-16-33-27-14-9-22(29)17-26(25)27/h5-14,17,19,25H,15-16,18H2,1-4H3. The number of hydrogen-bond donors (Lipinski definition) is 0. The van der Waals surface area contributed by atoms with Gasteiger partial charge >= 0.3 is 0 Å². The van der Waals surface area contributed by atoms with Crippen LogP contribution in [0, 0.1) is 5.82 Å². The molecule has 3 aromatic carbocycles. The summed E-state index contributed by atoms with van der Waals surface area (Å²) in [7, 11) is 4.01. The summed E-state index contributed by atoms with van der Waals surface area (Å²) in [4.78, 5) is 17.8. The lowest BCUT2D eigenvalue weighted by atomic mass is 9.91. The Morgan fingerprint density at radius 2 is 1.67 bits per heavy atom. The summed E-state index contributed by atoms with van der Waals surface area (Å²) in [6.45, 7) is 5.18. The minimum Gasteiger partial charge on any atom is -0.493 e. The highest BCUT2D eigenvalue weighted by Gasteiger charge is 2.32. The summed E-state index contributed by atoms with van der Waals surface area (Å²) >= 11 is 0. The molecule has 0 fully saturated rings. The van der Waals surface area contributed by atoms with Crippen LogP contribution in [0.2, 0.25) is 0 Å². The second-order valence-corrected chi connectivity index (χ2v) is 9.10. The van der Waals surface area contributed by atoms with Crippen molar-refractivity contribution in [2.75, 3.05) is 30.5 Å². The van der Waals surface area contributed by atoms with E-state index in [0.717, 1.165) is 16.9 Å². The fourth-order valence-corrected chi connectivity index (χ4v) is 4.23. The van der Waals surface area contributed by atoms with Gasteiger partial charge in [-0.3, -0.25) is 4.79 Å². The molecule has 3 aromatic rings. The van der Waals surface area contributed by atoms with Gasteiger partial charge in [0.25, 0.3) is 0 Å². The van der Waals surface area contributed by atoms with Gasteiger partial charge in [0, 0.05) is 31.0 Å². The highest BCUT2D eigenvalue weighted by molar-refractivity contribution is 5.98. The van der Waals surface area contributed by atoms with Gasteiger partial charge < -0.3 is 14.5 Å². The van der Waals surface area contributed by atoms with Crippen LogP contribution in [-0.4, -0.2) is 26.6 Å². The third-order valence-corrected chi connectivity index (χ3v) is 6.24. The molecule has 4 nitrogen and oxygen atoms in total. The fraction of sp³-hybridized carbons (Fsp3) is 0.321. The topological polar surface area (TPSA) is 32.8 Å². The average Bonchev–Trinajstić information content (AvgIpc) is 2.82. The molecule has 0 saturated carbocycles. The minimum absolute atomic E-state index is 0.0425. The Morgan fingerprint density at radius 1 is 1.00 bits per heavy atom. The van der Waals surface area contributed by atoms with E-state index in [0.29, 0.717) is 36.8 Å². The smallest absolute Gasteiger partial charge is 0.235 e. The van der Waals surface area contributed by atoms with E-state index in [9.17, 15) is 9.18 Å². The van der Waals surface area contributed by atoms with E-state index in [1.807, 2.05) is 36.0 Å². The second-order valence-electron chi connectivity index (χ2n) is 9.10. The van der Waals surface area contributed by atoms with Crippen LogP contribution >= 0.6 is 0 Å². The van der Waals surface area contributed by atoms with E-state index in [4.69, 9.17) is 4.74 Å². The zero-order valence-electron chi connectivity index (χ0n) is 19.7. The predicted octanol–water partition coefficient (Wildman–Crippen LogP) is 6.11. The normalized spacial score (nSPS) is 15.0. The van der Waals surface area contributed by atoms with Crippen LogP contribution in [0.4, 0.5) is 15.8 Å². The Hall–Kier alpha value is -3.34. The van der Waals surface area contributed by atoms with Crippen LogP contribution < -0.4 is 14.5 Å². The molecule has 0 radical (unpaired) electrons. The first-order chi connectivity index (χ1) is 15.8.